The lowest BCUT2D eigenvalue weighted by Gasteiger charge is -2.31. The van der Waals surface area contributed by atoms with E-state index in [1.54, 1.807) is 0 Å². The molecule has 2 aliphatic rings. The van der Waals surface area contributed by atoms with Crippen molar-refractivity contribution in [1.29, 1.82) is 0 Å². The number of halogens is 1. The summed E-state index contributed by atoms with van der Waals surface area (Å²) < 4.78 is 0. The van der Waals surface area contributed by atoms with Gasteiger partial charge in [0.1, 0.15) is 0 Å². The molecular formula is C17H23ClN2O. The van der Waals surface area contributed by atoms with Crippen molar-refractivity contribution in [2.45, 2.75) is 44.1 Å². The van der Waals surface area contributed by atoms with Crippen LogP contribution in [0.4, 0.5) is 0 Å². The van der Waals surface area contributed by atoms with E-state index in [9.17, 15) is 4.79 Å². The minimum absolute atomic E-state index is 0.115. The Labute approximate surface area is 131 Å². The molecule has 2 aliphatic carbocycles. The number of nitrogens with two attached hydrogens (primary N) is 1. The first-order chi connectivity index (χ1) is 10.2. The molecule has 1 amide bonds. The Morgan fingerprint density at radius 2 is 2.14 bits per heavy atom. The second-order valence-corrected chi connectivity index (χ2v) is 6.84. The van der Waals surface area contributed by atoms with Crippen LogP contribution in [0.2, 0.25) is 5.02 Å². The van der Waals surface area contributed by atoms with Crippen molar-refractivity contribution in [3.63, 3.8) is 0 Å². The van der Waals surface area contributed by atoms with Crippen molar-refractivity contribution in [2.24, 2.45) is 17.6 Å². The summed E-state index contributed by atoms with van der Waals surface area (Å²) in [6.45, 7) is 0.674. The molecule has 21 heavy (non-hydrogen) atoms. The highest BCUT2D eigenvalue weighted by Crippen LogP contribution is 2.48. The molecule has 2 saturated carbocycles. The van der Waals surface area contributed by atoms with E-state index < -0.39 is 0 Å². The van der Waals surface area contributed by atoms with Gasteiger partial charge in [-0.15, -0.1) is 0 Å². The fourth-order valence-corrected chi connectivity index (χ4v) is 3.76. The number of hydrogen-bond acceptors (Lipinski definition) is 2. The third-order valence-electron chi connectivity index (χ3n) is 4.94. The van der Waals surface area contributed by atoms with Crippen molar-refractivity contribution >= 4 is 17.5 Å². The number of hydrogen-bond donors (Lipinski definition) is 2. The maximum absolute atomic E-state index is 12.4. The largest absolute Gasteiger partial charge is 0.353 e. The standard InChI is InChI=1S/C17H23ClN2O/c18-13-6-3-5-11(8-13)14-9-15(14)17(21)20-16-7-2-1-4-12(16)10-19/h3,5-6,8,12,14-16H,1-2,4,7,9-10,19H2,(H,20,21). The molecule has 4 heteroatoms. The Hall–Kier alpha value is -1.06. The van der Waals surface area contributed by atoms with Gasteiger partial charge in [-0.05, 0) is 55.3 Å². The molecule has 0 saturated heterocycles. The third-order valence-corrected chi connectivity index (χ3v) is 5.18. The number of carbonyl (C=O) groups is 1. The Bertz CT molecular complexity index is 519. The van der Waals surface area contributed by atoms with Gasteiger partial charge in [-0.1, -0.05) is 36.6 Å². The summed E-state index contributed by atoms with van der Waals surface area (Å²) in [5, 5.41) is 3.99. The van der Waals surface area contributed by atoms with Crippen LogP contribution in [0, 0.1) is 11.8 Å². The fourth-order valence-electron chi connectivity index (χ4n) is 3.56. The Morgan fingerprint density at radius 3 is 2.90 bits per heavy atom. The summed E-state index contributed by atoms with van der Waals surface area (Å²) in [7, 11) is 0. The van der Waals surface area contributed by atoms with Crippen molar-refractivity contribution in [3.05, 3.63) is 34.9 Å². The molecule has 0 aliphatic heterocycles. The molecule has 1 aromatic carbocycles. The highest BCUT2D eigenvalue weighted by molar-refractivity contribution is 6.30. The van der Waals surface area contributed by atoms with Gasteiger partial charge in [0.05, 0.1) is 0 Å². The van der Waals surface area contributed by atoms with E-state index in [1.807, 2.05) is 18.2 Å². The van der Waals surface area contributed by atoms with Crippen LogP contribution < -0.4 is 11.1 Å². The lowest BCUT2D eigenvalue weighted by atomic mass is 9.84. The lowest BCUT2D eigenvalue weighted by Crippen LogP contribution is -2.45. The van der Waals surface area contributed by atoms with E-state index in [1.165, 1.54) is 18.4 Å². The molecular weight excluding hydrogens is 284 g/mol. The Morgan fingerprint density at radius 1 is 1.33 bits per heavy atom. The van der Waals surface area contributed by atoms with Gasteiger partial charge in [0.25, 0.3) is 0 Å². The molecule has 3 rings (SSSR count). The Kier molecular flexibility index (Phi) is 4.51. The molecule has 1 aromatic rings. The van der Waals surface area contributed by atoms with Crippen LogP contribution in [-0.4, -0.2) is 18.5 Å². The van der Waals surface area contributed by atoms with Gasteiger partial charge in [0.2, 0.25) is 5.91 Å². The van der Waals surface area contributed by atoms with Crippen LogP contribution in [0.5, 0.6) is 0 Å². The van der Waals surface area contributed by atoms with E-state index in [0.29, 0.717) is 18.4 Å². The van der Waals surface area contributed by atoms with E-state index in [0.717, 1.165) is 24.3 Å². The van der Waals surface area contributed by atoms with Crippen LogP contribution >= 0.6 is 11.6 Å². The second-order valence-electron chi connectivity index (χ2n) is 6.40. The van der Waals surface area contributed by atoms with Crippen LogP contribution in [0.3, 0.4) is 0 Å². The average Bonchev–Trinajstić information content (AvgIpc) is 3.28. The molecule has 0 spiro atoms. The smallest absolute Gasteiger partial charge is 0.223 e. The maximum Gasteiger partial charge on any atom is 0.223 e. The van der Waals surface area contributed by atoms with Crippen molar-refractivity contribution in [3.8, 4) is 0 Å². The molecule has 0 heterocycles. The molecule has 4 atom stereocenters. The van der Waals surface area contributed by atoms with Gasteiger partial charge >= 0.3 is 0 Å². The minimum Gasteiger partial charge on any atom is -0.353 e. The van der Waals surface area contributed by atoms with Crippen LogP contribution in [0.1, 0.15) is 43.6 Å². The summed E-state index contributed by atoms with van der Waals surface area (Å²) >= 11 is 6.02. The van der Waals surface area contributed by atoms with Gasteiger partial charge < -0.3 is 11.1 Å². The minimum atomic E-state index is 0.115. The first-order valence-electron chi connectivity index (χ1n) is 7.95. The van der Waals surface area contributed by atoms with E-state index in [4.69, 9.17) is 17.3 Å². The van der Waals surface area contributed by atoms with Crippen molar-refractivity contribution < 1.29 is 4.79 Å². The zero-order valence-corrected chi connectivity index (χ0v) is 13.0. The monoisotopic (exact) mass is 306 g/mol. The SMILES string of the molecule is NCC1CCCCC1NC(=O)C1CC1c1cccc(Cl)c1. The molecule has 114 valence electrons. The molecule has 4 unspecified atom stereocenters. The van der Waals surface area contributed by atoms with Crippen LogP contribution in [0.25, 0.3) is 0 Å². The first kappa shape index (κ1) is 14.9. The van der Waals surface area contributed by atoms with Crippen LogP contribution in [-0.2, 0) is 4.79 Å². The molecule has 3 nitrogen and oxygen atoms in total. The normalized spacial score (nSPS) is 31.7. The predicted molar refractivity (Wildman–Crippen MR) is 85.2 cm³/mol. The summed E-state index contributed by atoms with van der Waals surface area (Å²) in [5.74, 6) is 1.10. The van der Waals surface area contributed by atoms with Gasteiger partial charge in [-0.25, -0.2) is 0 Å². The van der Waals surface area contributed by atoms with E-state index in [2.05, 4.69) is 11.4 Å². The zero-order valence-electron chi connectivity index (χ0n) is 12.2. The second kappa shape index (κ2) is 6.37. The van der Waals surface area contributed by atoms with Gasteiger partial charge in [0, 0.05) is 17.0 Å². The van der Waals surface area contributed by atoms with Crippen molar-refractivity contribution in [1.82, 2.24) is 5.32 Å². The molecule has 0 aromatic heterocycles. The summed E-state index contributed by atoms with van der Waals surface area (Å²) in [6, 6.07) is 8.14. The summed E-state index contributed by atoms with van der Waals surface area (Å²) in [4.78, 5) is 12.4. The highest BCUT2D eigenvalue weighted by Gasteiger charge is 2.44. The highest BCUT2D eigenvalue weighted by atomic mass is 35.5. The van der Waals surface area contributed by atoms with Crippen LogP contribution in [0.15, 0.2) is 24.3 Å². The average molecular weight is 307 g/mol. The molecule has 2 fully saturated rings. The van der Waals surface area contributed by atoms with Gasteiger partial charge in [-0.3, -0.25) is 4.79 Å². The summed E-state index contributed by atoms with van der Waals surface area (Å²) in [5.41, 5.74) is 7.01. The number of amides is 1. The number of rotatable bonds is 4. The molecule has 0 radical (unpaired) electrons. The third kappa shape index (κ3) is 3.41. The topological polar surface area (TPSA) is 55.1 Å². The molecule has 3 N–H and O–H groups in total. The Balaban J connectivity index is 1.57. The van der Waals surface area contributed by atoms with Gasteiger partial charge in [-0.2, -0.15) is 0 Å². The fraction of sp³-hybridized carbons (Fsp3) is 0.588. The van der Waals surface area contributed by atoms with E-state index in [-0.39, 0.29) is 17.9 Å². The zero-order chi connectivity index (χ0) is 14.8. The lowest BCUT2D eigenvalue weighted by molar-refractivity contribution is -0.123. The number of nitrogens with one attached hydrogen (secondary N) is 1. The predicted octanol–water partition coefficient (Wildman–Crippen LogP) is 3.08. The van der Waals surface area contributed by atoms with E-state index >= 15 is 0 Å². The number of benzene rings is 1. The maximum atomic E-state index is 12.4. The van der Waals surface area contributed by atoms with Gasteiger partial charge in [0.15, 0.2) is 0 Å². The first-order valence-corrected chi connectivity index (χ1v) is 8.32. The molecule has 0 bridgehead atoms. The summed E-state index contributed by atoms with van der Waals surface area (Å²) in [6.07, 6.45) is 5.59. The quantitative estimate of drug-likeness (QED) is 0.898. The van der Waals surface area contributed by atoms with Crippen molar-refractivity contribution in [2.75, 3.05) is 6.54 Å². The number of carbonyl (C=O) groups excluding carboxylic acids is 1.